The van der Waals surface area contributed by atoms with Crippen molar-refractivity contribution >= 4 is 23.4 Å². The van der Waals surface area contributed by atoms with Gasteiger partial charge in [-0.1, -0.05) is 19.9 Å². The molecule has 0 saturated heterocycles. The molecule has 0 unspecified atom stereocenters. The Labute approximate surface area is 109 Å². The van der Waals surface area contributed by atoms with E-state index in [1.165, 1.54) is 0 Å². The molecule has 0 aliphatic rings. The van der Waals surface area contributed by atoms with Gasteiger partial charge in [0, 0.05) is 10.8 Å². The molecule has 0 aliphatic heterocycles. The van der Waals surface area contributed by atoms with Gasteiger partial charge in [-0.15, -0.1) is 11.3 Å². The first-order valence-corrected chi connectivity index (χ1v) is 6.32. The molecule has 2 aromatic rings. The fraction of sp³-hybridized carbons (Fsp3) is 0.250. The second-order valence-electron chi connectivity index (χ2n) is 3.88. The zero-order valence-electron chi connectivity index (χ0n) is 10.0. The minimum absolute atomic E-state index is 0.133. The summed E-state index contributed by atoms with van der Waals surface area (Å²) in [6, 6.07) is 5.86. The van der Waals surface area contributed by atoms with E-state index in [0.29, 0.717) is 5.89 Å². The normalized spacial score (nSPS) is 11.0. The number of oxazole rings is 1. The highest BCUT2D eigenvalue weighted by atomic mass is 32.1. The summed E-state index contributed by atoms with van der Waals surface area (Å²) in [6.45, 7) is 3.90. The van der Waals surface area contributed by atoms with Gasteiger partial charge < -0.3 is 4.42 Å². The lowest BCUT2D eigenvalue weighted by Crippen LogP contribution is -1.90. The van der Waals surface area contributed by atoms with Gasteiger partial charge in [0.15, 0.2) is 0 Å². The van der Waals surface area contributed by atoms with Crippen molar-refractivity contribution in [1.82, 2.24) is 4.98 Å². The molecule has 18 heavy (non-hydrogen) atoms. The van der Waals surface area contributed by atoms with Gasteiger partial charge in [0.2, 0.25) is 11.6 Å². The molecule has 1 N–H and O–H groups in total. The Morgan fingerprint density at radius 2 is 2.44 bits per heavy atom. The topological polar surface area (TPSA) is 74.2 Å². The van der Waals surface area contributed by atoms with E-state index in [-0.39, 0.29) is 17.5 Å². The van der Waals surface area contributed by atoms with Gasteiger partial charge in [0.25, 0.3) is 5.88 Å². The predicted octanol–water partition coefficient (Wildman–Crippen LogP) is 3.18. The Morgan fingerprint density at radius 3 is 3.06 bits per heavy atom. The fourth-order valence-corrected chi connectivity index (χ4v) is 1.84. The summed E-state index contributed by atoms with van der Waals surface area (Å²) in [5.41, 5.74) is 2.93. The minimum atomic E-state index is 0.133. The molecule has 5 nitrogen and oxygen atoms in total. The van der Waals surface area contributed by atoms with Gasteiger partial charge in [0.1, 0.15) is 6.07 Å². The third-order valence-corrected chi connectivity index (χ3v) is 2.95. The summed E-state index contributed by atoms with van der Waals surface area (Å²) >= 11 is 1.58. The number of aromatic nitrogens is 1. The fourth-order valence-electron chi connectivity index (χ4n) is 1.25. The number of rotatable bonds is 4. The van der Waals surface area contributed by atoms with Crippen molar-refractivity contribution in [3.8, 4) is 6.07 Å². The maximum atomic E-state index is 8.93. The first-order valence-electron chi connectivity index (χ1n) is 5.44. The third kappa shape index (κ3) is 2.76. The number of nitrogens with one attached hydrogen (secondary N) is 1. The maximum absolute atomic E-state index is 8.93. The number of thiophene rings is 1. The Kier molecular flexibility index (Phi) is 3.75. The number of nitrogens with zero attached hydrogens (tertiary/aromatic N) is 3. The molecule has 0 aromatic carbocycles. The zero-order chi connectivity index (χ0) is 13.0. The van der Waals surface area contributed by atoms with Crippen LogP contribution in [0.5, 0.6) is 0 Å². The minimum Gasteiger partial charge on any atom is -0.422 e. The van der Waals surface area contributed by atoms with Crippen molar-refractivity contribution < 1.29 is 4.42 Å². The number of hydrazone groups is 1. The number of anilines is 1. The zero-order valence-corrected chi connectivity index (χ0v) is 10.9. The van der Waals surface area contributed by atoms with Gasteiger partial charge in [-0.3, -0.25) is 0 Å². The van der Waals surface area contributed by atoms with Crippen LogP contribution in [0.1, 0.15) is 36.2 Å². The van der Waals surface area contributed by atoms with Crippen LogP contribution in [-0.4, -0.2) is 11.2 Å². The van der Waals surface area contributed by atoms with Crippen LogP contribution in [0.4, 0.5) is 5.88 Å². The van der Waals surface area contributed by atoms with Gasteiger partial charge in [0.05, 0.1) is 6.21 Å². The molecular formula is C12H12N4OS. The lowest BCUT2D eigenvalue weighted by molar-refractivity contribution is 0.481. The van der Waals surface area contributed by atoms with E-state index in [1.54, 1.807) is 17.6 Å². The molecule has 0 atom stereocenters. The molecule has 0 radical (unpaired) electrons. The van der Waals surface area contributed by atoms with Crippen molar-refractivity contribution in [1.29, 1.82) is 5.26 Å². The van der Waals surface area contributed by atoms with Crippen LogP contribution < -0.4 is 5.43 Å². The quantitative estimate of drug-likeness (QED) is 0.676. The predicted molar refractivity (Wildman–Crippen MR) is 70.8 cm³/mol. The molecule has 92 valence electrons. The van der Waals surface area contributed by atoms with E-state index in [4.69, 9.17) is 9.68 Å². The molecule has 2 rings (SSSR count). The molecule has 0 aliphatic carbocycles. The van der Waals surface area contributed by atoms with E-state index in [9.17, 15) is 0 Å². The number of hydrogen-bond donors (Lipinski definition) is 1. The van der Waals surface area contributed by atoms with E-state index in [2.05, 4.69) is 15.5 Å². The SMILES string of the molecule is CC(C)c1nc(C#N)c(NN=Cc2cccs2)o1. The monoisotopic (exact) mass is 260 g/mol. The van der Waals surface area contributed by atoms with E-state index in [1.807, 2.05) is 37.4 Å². The van der Waals surface area contributed by atoms with Crippen LogP contribution in [0.2, 0.25) is 0 Å². The Morgan fingerprint density at radius 1 is 1.61 bits per heavy atom. The van der Waals surface area contributed by atoms with Gasteiger partial charge in [-0.2, -0.15) is 10.4 Å². The molecule has 0 saturated carbocycles. The maximum Gasteiger partial charge on any atom is 0.252 e. The van der Waals surface area contributed by atoms with E-state index < -0.39 is 0 Å². The molecule has 6 heteroatoms. The molecule has 0 bridgehead atoms. The smallest absolute Gasteiger partial charge is 0.252 e. The molecule has 0 amide bonds. The van der Waals surface area contributed by atoms with Crippen molar-refractivity contribution in [2.24, 2.45) is 5.10 Å². The Hall–Kier alpha value is -2.13. The summed E-state index contributed by atoms with van der Waals surface area (Å²) < 4.78 is 5.43. The Bertz CT molecular complexity index is 578. The second-order valence-corrected chi connectivity index (χ2v) is 4.86. The van der Waals surface area contributed by atoms with Crippen LogP contribution in [0.25, 0.3) is 0 Å². The lowest BCUT2D eigenvalue weighted by Gasteiger charge is -1.96. The molecule has 2 aromatic heterocycles. The number of nitriles is 1. The van der Waals surface area contributed by atoms with Crippen LogP contribution in [-0.2, 0) is 0 Å². The third-order valence-electron chi connectivity index (χ3n) is 2.14. The van der Waals surface area contributed by atoms with Gasteiger partial charge >= 0.3 is 0 Å². The van der Waals surface area contributed by atoms with Crippen molar-refractivity contribution in [2.45, 2.75) is 19.8 Å². The van der Waals surface area contributed by atoms with Gasteiger partial charge in [-0.05, 0) is 11.4 Å². The highest BCUT2D eigenvalue weighted by molar-refractivity contribution is 7.11. The summed E-state index contributed by atoms with van der Waals surface area (Å²) in [4.78, 5) is 5.10. The highest BCUT2D eigenvalue weighted by Crippen LogP contribution is 2.21. The summed E-state index contributed by atoms with van der Waals surface area (Å²) in [6.07, 6.45) is 1.67. The van der Waals surface area contributed by atoms with Crippen molar-refractivity contribution in [3.05, 3.63) is 34.0 Å². The standard InChI is InChI=1S/C12H12N4OS/c1-8(2)11-15-10(6-13)12(17-11)16-14-7-9-4-3-5-18-9/h3-5,7-8,16H,1-2H3. The summed E-state index contributed by atoms with van der Waals surface area (Å²) in [7, 11) is 0. The Balaban J connectivity index is 2.12. The molecule has 2 heterocycles. The average molecular weight is 260 g/mol. The highest BCUT2D eigenvalue weighted by Gasteiger charge is 2.14. The first kappa shape index (κ1) is 12.3. The van der Waals surface area contributed by atoms with Crippen molar-refractivity contribution in [3.63, 3.8) is 0 Å². The molecular weight excluding hydrogens is 248 g/mol. The number of hydrogen-bond acceptors (Lipinski definition) is 6. The van der Waals surface area contributed by atoms with E-state index in [0.717, 1.165) is 4.88 Å². The van der Waals surface area contributed by atoms with Crippen molar-refractivity contribution in [2.75, 3.05) is 5.43 Å². The first-order chi connectivity index (χ1) is 8.70. The summed E-state index contributed by atoms with van der Waals surface area (Å²) in [5.74, 6) is 0.948. The van der Waals surface area contributed by atoms with Crippen LogP contribution in [0.15, 0.2) is 27.0 Å². The van der Waals surface area contributed by atoms with E-state index >= 15 is 0 Å². The van der Waals surface area contributed by atoms with Crippen LogP contribution in [0.3, 0.4) is 0 Å². The second kappa shape index (κ2) is 5.47. The average Bonchev–Trinajstić information content (AvgIpc) is 2.97. The van der Waals surface area contributed by atoms with Crippen LogP contribution in [0, 0.1) is 11.3 Å². The lowest BCUT2D eigenvalue weighted by atomic mass is 10.2. The molecule has 0 spiro atoms. The summed E-state index contributed by atoms with van der Waals surface area (Å²) in [5, 5.41) is 14.9. The van der Waals surface area contributed by atoms with Gasteiger partial charge in [-0.25, -0.2) is 10.4 Å². The molecule has 0 fully saturated rings. The largest absolute Gasteiger partial charge is 0.422 e. The van der Waals surface area contributed by atoms with Crippen LogP contribution >= 0.6 is 11.3 Å².